The molecular weight excluding hydrogens is 343 g/mol. The molecule has 4 heteroatoms. The van der Waals surface area contributed by atoms with E-state index in [1.54, 1.807) is 11.3 Å². The smallest absolute Gasteiger partial charge is 0.0523 e. The summed E-state index contributed by atoms with van der Waals surface area (Å²) in [6, 6.07) is 10.4. The topological polar surface area (TPSA) is 29.3 Å². The lowest BCUT2D eigenvalue weighted by Crippen LogP contribution is -2.22. The highest BCUT2D eigenvalue weighted by atomic mass is 127. The third-order valence-electron chi connectivity index (χ3n) is 2.62. The molecule has 0 atom stereocenters. The number of benzene rings is 1. The third-order valence-corrected chi connectivity index (χ3v) is 4.35. The van der Waals surface area contributed by atoms with E-state index in [1.807, 2.05) is 12.1 Å². The first-order valence-corrected chi connectivity index (χ1v) is 7.49. The van der Waals surface area contributed by atoms with Crippen LogP contribution in [-0.4, -0.2) is 6.54 Å². The Bertz CT molecular complexity index is 482. The second-order valence-electron chi connectivity index (χ2n) is 3.80. The van der Waals surface area contributed by atoms with Crippen molar-refractivity contribution in [2.24, 2.45) is 0 Å². The standard InChI is InChI=1S/C13H15IN2S/c1-2-16(9-11-4-3-7-17-11)13-6-5-10(15)8-12(13)14/h3-8H,2,9,15H2,1H3. The van der Waals surface area contributed by atoms with Crippen LogP contribution in [0.4, 0.5) is 11.4 Å². The van der Waals surface area contributed by atoms with Gasteiger partial charge in [-0.25, -0.2) is 0 Å². The molecule has 17 heavy (non-hydrogen) atoms. The normalized spacial score (nSPS) is 10.5. The van der Waals surface area contributed by atoms with E-state index >= 15 is 0 Å². The molecule has 2 aromatic rings. The fraction of sp³-hybridized carbons (Fsp3) is 0.231. The Labute approximate surface area is 120 Å². The maximum Gasteiger partial charge on any atom is 0.0523 e. The molecule has 0 fully saturated rings. The molecule has 1 aromatic carbocycles. The van der Waals surface area contributed by atoms with Crippen molar-refractivity contribution >= 4 is 45.3 Å². The average molecular weight is 358 g/mol. The minimum Gasteiger partial charge on any atom is -0.399 e. The molecule has 0 aliphatic heterocycles. The summed E-state index contributed by atoms with van der Waals surface area (Å²) in [5.74, 6) is 0. The van der Waals surface area contributed by atoms with Gasteiger partial charge >= 0.3 is 0 Å². The summed E-state index contributed by atoms with van der Waals surface area (Å²) >= 11 is 4.15. The maximum absolute atomic E-state index is 5.78. The van der Waals surface area contributed by atoms with Crippen LogP contribution < -0.4 is 10.6 Å². The second-order valence-corrected chi connectivity index (χ2v) is 6.00. The monoisotopic (exact) mass is 358 g/mol. The van der Waals surface area contributed by atoms with Gasteiger partial charge in [0.05, 0.1) is 12.2 Å². The van der Waals surface area contributed by atoms with E-state index in [0.717, 1.165) is 18.8 Å². The van der Waals surface area contributed by atoms with Crippen molar-refractivity contribution in [1.82, 2.24) is 0 Å². The highest BCUT2D eigenvalue weighted by Gasteiger charge is 2.09. The molecule has 0 aliphatic rings. The minimum absolute atomic E-state index is 0.824. The second kappa shape index (κ2) is 5.73. The minimum atomic E-state index is 0.824. The van der Waals surface area contributed by atoms with Crippen molar-refractivity contribution in [3.8, 4) is 0 Å². The van der Waals surface area contributed by atoms with Crippen molar-refractivity contribution in [3.63, 3.8) is 0 Å². The van der Waals surface area contributed by atoms with Crippen molar-refractivity contribution in [3.05, 3.63) is 44.2 Å². The highest BCUT2D eigenvalue weighted by molar-refractivity contribution is 14.1. The molecule has 2 nitrogen and oxygen atoms in total. The van der Waals surface area contributed by atoms with E-state index < -0.39 is 0 Å². The van der Waals surface area contributed by atoms with Gasteiger partial charge in [0.1, 0.15) is 0 Å². The van der Waals surface area contributed by atoms with Crippen molar-refractivity contribution in [1.29, 1.82) is 0 Å². The molecule has 2 N–H and O–H groups in total. The Kier molecular flexibility index (Phi) is 4.28. The van der Waals surface area contributed by atoms with Gasteiger partial charge in [0.2, 0.25) is 0 Å². The van der Waals surface area contributed by atoms with Gasteiger partial charge in [0, 0.05) is 20.7 Å². The van der Waals surface area contributed by atoms with Crippen LogP contribution in [0.5, 0.6) is 0 Å². The molecule has 0 saturated heterocycles. The van der Waals surface area contributed by atoms with Gasteiger partial charge in [0.25, 0.3) is 0 Å². The van der Waals surface area contributed by atoms with Crippen LogP contribution in [0.2, 0.25) is 0 Å². The van der Waals surface area contributed by atoms with Gasteiger partial charge in [-0.2, -0.15) is 0 Å². The van der Waals surface area contributed by atoms with Crippen LogP contribution in [0.3, 0.4) is 0 Å². The lowest BCUT2D eigenvalue weighted by molar-refractivity contribution is 0.840. The van der Waals surface area contributed by atoms with Gasteiger partial charge in [-0.15, -0.1) is 11.3 Å². The molecule has 0 amide bonds. The number of rotatable bonds is 4. The predicted octanol–water partition coefficient (Wildman–Crippen LogP) is 3.96. The van der Waals surface area contributed by atoms with Gasteiger partial charge in [-0.3, -0.25) is 0 Å². The lowest BCUT2D eigenvalue weighted by Gasteiger charge is -2.24. The average Bonchev–Trinajstić information content (AvgIpc) is 2.79. The van der Waals surface area contributed by atoms with E-state index in [2.05, 4.69) is 58.0 Å². The Morgan fingerprint density at radius 3 is 2.76 bits per heavy atom. The maximum atomic E-state index is 5.78. The number of thiophene rings is 1. The van der Waals surface area contributed by atoms with Crippen LogP contribution in [0, 0.1) is 3.57 Å². The molecule has 1 heterocycles. The summed E-state index contributed by atoms with van der Waals surface area (Å²) in [5.41, 5.74) is 7.87. The zero-order valence-corrected chi connectivity index (χ0v) is 12.7. The Hall–Kier alpha value is -0.750. The first-order chi connectivity index (χ1) is 8.20. The molecule has 0 aliphatic carbocycles. The molecular formula is C13H15IN2S. The fourth-order valence-electron chi connectivity index (χ4n) is 1.74. The number of hydrogen-bond donors (Lipinski definition) is 1. The molecule has 0 unspecified atom stereocenters. The summed E-state index contributed by atoms with van der Waals surface area (Å²) in [4.78, 5) is 3.76. The van der Waals surface area contributed by atoms with Crippen LogP contribution >= 0.6 is 33.9 Å². The Morgan fingerprint density at radius 1 is 1.35 bits per heavy atom. The van der Waals surface area contributed by atoms with E-state index in [-0.39, 0.29) is 0 Å². The van der Waals surface area contributed by atoms with Crippen molar-refractivity contribution in [2.75, 3.05) is 17.2 Å². The molecule has 0 spiro atoms. The van der Waals surface area contributed by atoms with Crippen LogP contribution in [-0.2, 0) is 6.54 Å². The van der Waals surface area contributed by atoms with E-state index in [0.29, 0.717) is 0 Å². The number of anilines is 2. The third kappa shape index (κ3) is 3.13. The summed E-state index contributed by atoms with van der Waals surface area (Å²) in [6.07, 6.45) is 0. The predicted molar refractivity (Wildman–Crippen MR) is 84.6 cm³/mol. The summed E-state index contributed by atoms with van der Waals surface area (Å²) in [7, 11) is 0. The summed E-state index contributed by atoms with van der Waals surface area (Å²) in [5, 5.41) is 2.12. The largest absolute Gasteiger partial charge is 0.399 e. The Morgan fingerprint density at radius 2 is 2.18 bits per heavy atom. The van der Waals surface area contributed by atoms with Gasteiger partial charge in [-0.1, -0.05) is 6.07 Å². The highest BCUT2D eigenvalue weighted by Crippen LogP contribution is 2.26. The van der Waals surface area contributed by atoms with E-state index in [4.69, 9.17) is 5.73 Å². The number of halogens is 1. The number of nitrogen functional groups attached to an aromatic ring is 1. The first kappa shape index (κ1) is 12.7. The van der Waals surface area contributed by atoms with E-state index in [9.17, 15) is 0 Å². The van der Waals surface area contributed by atoms with Gasteiger partial charge < -0.3 is 10.6 Å². The van der Waals surface area contributed by atoms with Crippen molar-refractivity contribution < 1.29 is 0 Å². The van der Waals surface area contributed by atoms with Crippen molar-refractivity contribution in [2.45, 2.75) is 13.5 Å². The zero-order valence-electron chi connectivity index (χ0n) is 9.69. The molecule has 1 aromatic heterocycles. The first-order valence-electron chi connectivity index (χ1n) is 5.53. The molecule has 0 saturated carbocycles. The summed E-state index contributed by atoms with van der Waals surface area (Å²) < 4.78 is 1.21. The van der Waals surface area contributed by atoms with E-state index in [1.165, 1.54) is 14.1 Å². The number of nitrogens with two attached hydrogens (primary N) is 1. The zero-order chi connectivity index (χ0) is 12.3. The van der Waals surface area contributed by atoms with Crippen LogP contribution in [0.1, 0.15) is 11.8 Å². The molecule has 90 valence electrons. The SMILES string of the molecule is CCN(Cc1cccs1)c1ccc(N)cc1I. The molecule has 2 rings (SSSR count). The quantitative estimate of drug-likeness (QED) is 0.662. The summed E-state index contributed by atoms with van der Waals surface area (Å²) in [6.45, 7) is 4.14. The number of hydrogen-bond acceptors (Lipinski definition) is 3. The molecule has 0 bridgehead atoms. The number of nitrogens with zero attached hydrogens (tertiary/aromatic N) is 1. The fourth-order valence-corrected chi connectivity index (χ4v) is 3.34. The molecule has 0 radical (unpaired) electrons. The van der Waals surface area contributed by atoms with Gasteiger partial charge in [0.15, 0.2) is 0 Å². The lowest BCUT2D eigenvalue weighted by atomic mass is 10.2. The van der Waals surface area contributed by atoms with Crippen LogP contribution in [0.25, 0.3) is 0 Å². The van der Waals surface area contributed by atoms with Gasteiger partial charge in [-0.05, 0) is 59.2 Å². The Balaban J connectivity index is 2.23. The van der Waals surface area contributed by atoms with Crippen LogP contribution in [0.15, 0.2) is 35.7 Å².